The van der Waals surface area contributed by atoms with E-state index in [0.717, 1.165) is 23.3 Å². The van der Waals surface area contributed by atoms with Gasteiger partial charge in [0.25, 0.3) is 0 Å². The molecule has 0 fully saturated rings. The van der Waals surface area contributed by atoms with E-state index in [-0.39, 0.29) is 0 Å². The average molecular weight is 298 g/mol. The van der Waals surface area contributed by atoms with Crippen LogP contribution in [0.5, 0.6) is 0 Å². The summed E-state index contributed by atoms with van der Waals surface area (Å²) in [6.07, 6.45) is 3.48. The van der Waals surface area contributed by atoms with E-state index in [0.29, 0.717) is 0 Å². The van der Waals surface area contributed by atoms with E-state index in [4.69, 9.17) is 4.42 Å². The first-order valence-electron chi connectivity index (χ1n) is 5.45. The first-order valence-corrected chi connectivity index (χ1v) is 6.25. The minimum atomic E-state index is 0.850. The minimum Gasteiger partial charge on any atom is -0.472 e. The fraction of sp³-hybridized carbons (Fsp3) is 0.417. The summed E-state index contributed by atoms with van der Waals surface area (Å²) >= 11 is 3.58. The van der Waals surface area contributed by atoms with Crippen molar-refractivity contribution in [3.05, 3.63) is 40.0 Å². The molecule has 2 aromatic heterocycles. The molecule has 0 amide bonds. The Morgan fingerprint density at radius 1 is 1.47 bits per heavy atom. The van der Waals surface area contributed by atoms with E-state index >= 15 is 0 Å². The van der Waals surface area contributed by atoms with Crippen LogP contribution in [0.1, 0.15) is 17.0 Å². The van der Waals surface area contributed by atoms with Crippen LogP contribution in [-0.2, 0) is 20.1 Å². The van der Waals surface area contributed by atoms with Crippen molar-refractivity contribution in [1.82, 2.24) is 14.7 Å². The summed E-state index contributed by atoms with van der Waals surface area (Å²) in [7, 11) is 4.06. The predicted molar refractivity (Wildman–Crippen MR) is 69.5 cm³/mol. The fourth-order valence-electron chi connectivity index (χ4n) is 1.86. The van der Waals surface area contributed by atoms with Gasteiger partial charge >= 0.3 is 0 Å². The van der Waals surface area contributed by atoms with Gasteiger partial charge in [0.1, 0.15) is 0 Å². The van der Waals surface area contributed by atoms with Crippen LogP contribution in [0.25, 0.3) is 0 Å². The second-order valence-electron chi connectivity index (χ2n) is 4.27. The lowest BCUT2D eigenvalue weighted by Crippen LogP contribution is -2.19. The molecule has 4 nitrogen and oxygen atoms in total. The van der Waals surface area contributed by atoms with E-state index in [2.05, 4.69) is 33.0 Å². The van der Waals surface area contributed by atoms with Crippen molar-refractivity contribution in [3.63, 3.8) is 0 Å². The smallest absolute Gasteiger partial charge is 0.0947 e. The minimum absolute atomic E-state index is 0.850. The summed E-state index contributed by atoms with van der Waals surface area (Å²) in [5.74, 6) is 0. The molecule has 0 atom stereocenters. The average Bonchev–Trinajstić information content (AvgIpc) is 2.83. The molecule has 0 spiro atoms. The number of hydrogen-bond acceptors (Lipinski definition) is 3. The van der Waals surface area contributed by atoms with Gasteiger partial charge in [-0.3, -0.25) is 9.58 Å². The van der Waals surface area contributed by atoms with E-state index in [9.17, 15) is 0 Å². The van der Waals surface area contributed by atoms with Crippen molar-refractivity contribution in [3.8, 4) is 0 Å². The summed E-state index contributed by atoms with van der Waals surface area (Å²) in [6, 6.07) is 1.99. The zero-order valence-electron chi connectivity index (χ0n) is 10.3. The maximum Gasteiger partial charge on any atom is 0.0947 e. The highest BCUT2D eigenvalue weighted by Gasteiger charge is 2.12. The maximum atomic E-state index is 5.06. The van der Waals surface area contributed by atoms with Gasteiger partial charge in [-0.15, -0.1) is 0 Å². The van der Waals surface area contributed by atoms with Gasteiger partial charge in [-0.25, -0.2) is 0 Å². The summed E-state index contributed by atoms with van der Waals surface area (Å²) in [6.45, 7) is 3.72. The number of halogens is 1. The van der Waals surface area contributed by atoms with Crippen LogP contribution < -0.4 is 0 Å². The molecule has 2 aromatic rings. The molecule has 0 radical (unpaired) electrons. The molecule has 0 N–H and O–H groups in total. The van der Waals surface area contributed by atoms with Gasteiger partial charge in [0, 0.05) is 25.7 Å². The fourth-order valence-corrected chi connectivity index (χ4v) is 2.32. The molecule has 92 valence electrons. The van der Waals surface area contributed by atoms with Gasteiger partial charge in [-0.2, -0.15) is 5.10 Å². The molecule has 0 aliphatic heterocycles. The van der Waals surface area contributed by atoms with Crippen molar-refractivity contribution in [2.75, 3.05) is 7.05 Å². The molecule has 0 aromatic carbocycles. The number of furan rings is 1. The maximum absolute atomic E-state index is 5.06. The Balaban J connectivity index is 2.05. The summed E-state index contributed by atoms with van der Waals surface area (Å²) in [5, 5.41) is 4.39. The number of aromatic nitrogens is 2. The Morgan fingerprint density at radius 2 is 2.24 bits per heavy atom. The van der Waals surface area contributed by atoms with Crippen LogP contribution in [0, 0.1) is 6.92 Å². The normalized spacial score (nSPS) is 11.4. The van der Waals surface area contributed by atoms with Gasteiger partial charge < -0.3 is 4.42 Å². The number of hydrogen-bond donors (Lipinski definition) is 0. The molecule has 0 aliphatic carbocycles. The van der Waals surface area contributed by atoms with Crippen molar-refractivity contribution in [2.45, 2.75) is 20.0 Å². The van der Waals surface area contributed by atoms with Crippen LogP contribution in [0.3, 0.4) is 0 Å². The number of aryl methyl sites for hydroxylation is 2. The first kappa shape index (κ1) is 12.4. The molecule has 0 unspecified atom stereocenters. The number of rotatable bonds is 4. The van der Waals surface area contributed by atoms with Gasteiger partial charge in [-0.1, -0.05) is 0 Å². The van der Waals surface area contributed by atoms with Crippen molar-refractivity contribution in [1.29, 1.82) is 0 Å². The van der Waals surface area contributed by atoms with Crippen LogP contribution in [-0.4, -0.2) is 21.7 Å². The van der Waals surface area contributed by atoms with Crippen molar-refractivity contribution in [2.24, 2.45) is 7.05 Å². The third-order valence-corrected chi connectivity index (χ3v) is 3.75. The molecule has 0 saturated heterocycles. The molecular weight excluding hydrogens is 282 g/mol. The molecular formula is C12H16BrN3O. The van der Waals surface area contributed by atoms with Crippen molar-refractivity contribution < 1.29 is 4.42 Å². The second-order valence-corrected chi connectivity index (χ2v) is 5.07. The Morgan fingerprint density at radius 3 is 2.76 bits per heavy atom. The van der Waals surface area contributed by atoms with Gasteiger partial charge in [0.15, 0.2) is 0 Å². The summed E-state index contributed by atoms with van der Waals surface area (Å²) in [4.78, 5) is 2.23. The van der Waals surface area contributed by atoms with Crippen LogP contribution in [0.2, 0.25) is 0 Å². The Hall–Kier alpha value is -1.07. The largest absolute Gasteiger partial charge is 0.472 e. The van der Waals surface area contributed by atoms with E-state index in [1.165, 1.54) is 11.3 Å². The zero-order valence-corrected chi connectivity index (χ0v) is 11.9. The predicted octanol–water partition coefficient (Wildman–Crippen LogP) is 2.72. The highest BCUT2D eigenvalue weighted by atomic mass is 79.9. The van der Waals surface area contributed by atoms with Gasteiger partial charge in [0.05, 0.1) is 28.4 Å². The molecule has 2 heterocycles. The topological polar surface area (TPSA) is 34.2 Å². The number of nitrogens with zero attached hydrogens (tertiary/aromatic N) is 3. The van der Waals surface area contributed by atoms with Gasteiger partial charge in [-0.05, 0) is 36.0 Å². The quantitative estimate of drug-likeness (QED) is 0.870. The van der Waals surface area contributed by atoms with E-state index in [1.54, 1.807) is 12.5 Å². The second kappa shape index (κ2) is 5.06. The molecule has 2 rings (SSSR count). The Labute approximate surface area is 109 Å². The zero-order chi connectivity index (χ0) is 12.4. The third-order valence-electron chi connectivity index (χ3n) is 2.71. The van der Waals surface area contributed by atoms with Crippen LogP contribution >= 0.6 is 15.9 Å². The molecule has 5 heteroatoms. The van der Waals surface area contributed by atoms with E-state index in [1.807, 2.05) is 24.7 Å². The Kier molecular flexibility index (Phi) is 3.69. The lowest BCUT2D eigenvalue weighted by atomic mass is 10.3. The molecule has 0 bridgehead atoms. The molecule has 17 heavy (non-hydrogen) atoms. The lowest BCUT2D eigenvalue weighted by molar-refractivity contribution is 0.308. The Bertz CT molecular complexity index is 490. The highest BCUT2D eigenvalue weighted by molar-refractivity contribution is 9.10. The first-order chi connectivity index (χ1) is 8.08. The van der Waals surface area contributed by atoms with Crippen LogP contribution in [0.4, 0.5) is 0 Å². The van der Waals surface area contributed by atoms with Crippen molar-refractivity contribution >= 4 is 15.9 Å². The summed E-state index contributed by atoms with van der Waals surface area (Å²) in [5.41, 5.74) is 3.40. The van der Waals surface area contributed by atoms with Crippen LogP contribution in [0.15, 0.2) is 27.5 Å². The standard InChI is InChI=1S/C12H16BrN3O/c1-9-12(13)11(16(3)14-9)7-15(2)6-10-4-5-17-8-10/h4-5,8H,6-7H2,1-3H3. The highest BCUT2D eigenvalue weighted by Crippen LogP contribution is 2.21. The monoisotopic (exact) mass is 297 g/mol. The molecule has 0 aliphatic rings. The summed E-state index contributed by atoms with van der Waals surface area (Å²) < 4.78 is 8.08. The molecule has 0 saturated carbocycles. The lowest BCUT2D eigenvalue weighted by Gasteiger charge is -2.15. The van der Waals surface area contributed by atoms with Gasteiger partial charge in [0.2, 0.25) is 0 Å². The SMILES string of the molecule is Cc1nn(C)c(CN(C)Cc2ccoc2)c1Br. The van der Waals surface area contributed by atoms with E-state index < -0.39 is 0 Å². The third kappa shape index (κ3) is 2.79.